The molecule has 3 rings (SSSR count). The van der Waals surface area contributed by atoms with Crippen LogP contribution in [0, 0.1) is 0 Å². The van der Waals surface area contributed by atoms with Crippen LogP contribution in [-0.4, -0.2) is 37.9 Å². The van der Waals surface area contributed by atoms with Crippen molar-refractivity contribution in [2.45, 2.75) is 12.0 Å². The summed E-state index contributed by atoms with van der Waals surface area (Å²) in [5, 5.41) is 2.45. The average Bonchev–Trinajstić information content (AvgIpc) is 3.02. The van der Waals surface area contributed by atoms with Gasteiger partial charge in [0.1, 0.15) is 19.3 Å². The van der Waals surface area contributed by atoms with E-state index in [1.54, 1.807) is 0 Å². The molecule has 0 aromatic heterocycles. The maximum atomic E-state index is 12.2. The van der Waals surface area contributed by atoms with E-state index in [4.69, 9.17) is 15.2 Å². The minimum Gasteiger partial charge on any atom is -0.460 e. The lowest BCUT2D eigenvalue weighted by Gasteiger charge is -2.17. The summed E-state index contributed by atoms with van der Waals surface area (Å²) in [4.78, 5) is 24.0. The summed E-state index contributed by atoms with van der Waals surface area (Å²) < 4.78 is 10.3. The number of amides is 1. The fourth-order valence-corrected chi connectivity index (χ4v) is 3.24. The van der Waals surface area contributed by atoms with Gasteiger partial charge in [-0.05, 0) is 22.3 Å². The molecular formula is C21H22N2O4. The molecule has 6 heteroatoms. The summed E-state index contributed by atoms with van der Waals surface area (Å²) in [5.74, 6) is -0.668. The van der Waals surface area contributed by atoms with E-state index in [9.17, 15) is 9.59 Å². The molecule has 1 atom stereocenters. The Labute approximate surface area is 158 Å². The smallest absolute Gasteiger partial charge is 0.407 e. The molecular weight excluding hydrogens is 344 g/mol. The second-order valence-corrected chi connectivity index (χ2v) is 6.18. The van der Waals surface area contributed by atoms with Gasteiger partial charge in [-0.1, -0.05) is 61.2 Å². The van der Waals surface area contributed by atoms with Crippen molar-refractivity contribution in [3.63, 3.8) is 0 Å². The van der Waals surface area contributed by atoms with Gasteiger partial charge in [0.2, 0.25) is 0 Å². The molecule has 1 amide bonds. The Morgan fingerprint density at radius 3 is 2.22 bits per heavy atom. The number of benzene rings is 2. The van der Waals surface area contributed by atoms with Crippen LogP contribution in [0.4, 0.5) is 4.79 Å². The van der Waals surface area contributed by atoms with Crippen molar-refractivity contribution in [3.8, 4) is 11.1 Å². The second kappa shape index (κ2) is 8.51. The number of hydrogen-bond donors (Lipinski definition) is 2. The maximum absolute atomic E-state index is 12.2. The number of nitrogens with one attached hydrogen (secondary N) is 1. The van der Waals surface area contributed by atoms with E-state index >= 15 is 0 Å². The van der Waals surface area contributed by atoms with E-state index in [0.29, 0.717) is 0 Å². The van der Waals surface area contributed by atoms with Gasteiger partial charge >= 0.3 is 12.1 Å². The third-order valence-electron chi connectivity index (χ3n) is 4.50. The van der Waals surface area contributed by atoms with Crippen molar-refractivity contribution in [1.82, 2.24) is 5.32 Å². The lowest BCUT2D eigenvalue weighted by atomic mass is 9.98. The predicted molar refractivity (Wildman–Crippen MR) is 102 cm³/mol. The zero-order valence-electron chi connectivity index (χ0n) is 14.9. The highest BCUT2D eigenvalue weighted by molar-refractivity contribution is 5.82. The molecule has 0 aliphatic heterocycles. The van der Waals surface area contributed by atoms with Crippen molar-refractivity contribution in [2.75, 3.05) is 19.8 Å². The highest BCUT2D eigenvalue weighted by Gasteiger charge is 2.29. The number of ether oxygens (including phenoxy) is 2. The first-order chi connectivity index (χ1) is 13.2. The van der Waals surface area contributed by atoms with Gasteiger partial charge in [0.15, 0.2) is 0 Å². The Hall–Kier alpha value is -3.12. The van der Waals surface area contributed by atoms with E-state index in [1.807, 2.05) is 36.4 Å². The van der Waals surface area contributed by atoms with E-state index in [0.717, 1.165) is 22.3 Å². The van der Waals surface area contributed by atoms with Crippen molar-refractivity contribution >= 4 is 12.1 Å². The molecule has 3 N–H and O–H groups in total. The van der Waals surface area contributed by atoms with Gasteiger partial charge in [0, 0.05) is 12.5 Å². The van der Waals surface area contributed by atoms with Crippen molar-refractivity contribution < 1.29 is 19.1 Å². The third kappa shape index (κ3) is 4.01. The number of nitrogens with two attached hydrogens (primary N) is 1. The van der Waals surface area contributed by atoms with E-state index in [1.165, 1.54) is 6.08 Å². The number of fused-ring (bicyclic) bond motifs is 3. The zero-order valence-corrected chi connectivity index (χ0v) is 14.9. The molecule has 1 aliphatic rings. The van der Waals surface area contributed by atoms with Gasteiger partial charge in [-0.3, -0.25) is 0 Å². The van der Waals surface area contributed by atoms with Crippen molar-refractivity contribution in [3.05, 3.63) is 72.3 Å². The molecule has 2 aromatic carbocycles. The van der Waals surface area contributed by atoms with Gasteiger partial charge < -0.3 is 20.5 Å². The molecule has 27 heavy (non-hydrogen) atoms. The van der Waals surface area contributed by atoms with Crippen LogP contribution in [0.15, 0.2) is 61.2 Å². The van der Waals surface area contributed by atoms with Gasteiger partial charge in [0.25, 0.3) is 0 Å². The molecule has 0 heterocycles. The molecule has 0 saturated heterocycles. The van der Waals surface area contributed by atoms with Crippen LogP contribution >= 0.6 is 0 Å². The van der Waals surface area contributed by atoms with Crippen molar-refractivity contribution in [1.29, 1.82) is 0 Å². The van der Waals surface area contributed by atoms with Crippen LogP contribution in [0.2, 0.25) is 0 Å². The fourth-order valence-electron chi connectivity index (χ4n) is 3.24. The molecule has 0 saturated carbocycles. The largest absolute Gasteiger partial charge is 0.460 e. The standard InChI is InChI=1S/C21H22N2O4/c1-2-11-26-20(24)19(12-22)23-21(25)27-13-18-16-9-5-3-7-14(16)15-8-4-6-10-17(15)18/h2-10,18-19H,1,11-13,22H2,(H,23,25)/t19-/m1/s1. The number of carbonyl (C=O) groups excluding carboxylic acids is 2. The first kappa shape index (κ1) is 18.7. The second-order valence-electron chi connectivity index (χ2n) is 6.18. The van der Waals surface area contributed by atoms with Crippen LogP contribution in [-0.2, 0) is 14.3 Å². The van der Waals surface area contributed by atoms with Gasteiger partial charge in [-0.2, -0.15) is 0 Å². The highest BCUT2D eigenvalue weighted by Crippen LogP contribution is 2.44. The number of hydrogen-bond acceptors (Lipinski definition) is 5. The number of rotatable bonds is 7. The summed E-state index contributed by atoms with van der Waals surface area (Å²) in [6, 6.07) is 15.2. The minimum atomic E-state index is -0.958. The normalized spacial score (nSPS) is 13.2. The van der Waals surface area contributed by atoms with Crippen LogP contribution in [0.3, 0.4) is 0 Å². The number of esters is 1. The molecule has 1 aliphatic carbocycles. The Morgan fingerprint density at radius 1 is 1.07 bits per heavy atom. The van der Waals surface area contributed by atoms with Gasteiger partial charge in [-0.25, -0.2) is 9.59 Å². The van der Waals surface area contributed by atoms with E-state index < -0.39 is 18.1 Å². The number of alkyl carbamates (subject to hydrolysis) is 1. The molecule has 0 unspecified atom stereocenters. The lowest BCUT2D eigenvalue weighted by molar-refractivity contribution is -0.144. The molecule has 0 spiro atoms. The van der Waals surface area contributed by atoms with Crippen LogP contribution in [0.25, 0.3) is 11.1 Å². The van der Waals surface area contributed by atoms with E-state index in [2.05, 4.69) is 24.0 Å². The zero-order chi connectivity index (χ0) is 19.2. The molecule has 0 radical (unpaired) electrons. The molecule has 2 aromatic rings. The van der Waals surface area contributed by atoms with E-state index in [-0.39, 0.29) is 25.7 Å². The minimum absolute atomic E-state index is 0.0489. The first-order valence-corrected chi connectivity index (χ1v) is 8.74. The summed E-state index contributed by atoms with van der Waals surface area (Å²) in [7, 11) is 0. The summed E-state index contributed by atoms with van der Waals surface area (Å²) >= 11 is 0. The summed E-state index contributed by atoms with van der Waals surface area (Å²) in [6.45, 7) is 3.61. The lowest BCUT2D eigenvalue weighted by Crippen LogP contribution is -2.47. The first-order valence-electron chi connectivity index (χ1n) is 8.74. The average molecular weight is 366 g/mol. The molecule has 140 valence electrons. The third-order valence-corrected chi connectivity index (χ3v) is 4.50. The monoisotopic (exact) mass is 366 g/mol. The van der Waals surface area contributed by atoms with Crippen LogP contribution in [0.1, 0.15) is 17.0 Å². The van der Waals surface area contributed by atoms with Crippen LogP contribution < -0.4 is 11.1 Å². The number of carbonyl (C=O) groups is 2. The quantitative estimate of drug-likeness (QED) is 0.581. The van der Waals surface area contributed by atoms with Crippen LogP contribution in [0.5, 0.6) is 0 Å². The Bertz CT molecular complexity index is 804. The Balaban J connectivity index is 1.65. The van der Waals surface area contributed by atoms with Crippen molar-refractivity contribution in [2.24, 2.45) is 5.73 Å². The Kier molecular flexibility index (Phi) is 5.88. The van der Waals surface area contributed by atoms with Gasteiger partial charge in [0.05, 0.1) is 0 Å². The maximum Gasteiger partial charge on any atom is 0.407 e. The molecule has 0 bridgehead atoms. The summed E-state index contributed by atoms with van der Waals surface area (Å²) in [6.07, 6.45) is 0.738. The predicted octanol–water partition coefficient (Wildman–Crippen LogP) is 2.58. The van der Waals surface area contributed by atoms with Gasteiger partial charge in [-0.15, -0.1) is 0 Å². The topological polar surface area (TPSA) is 90.6 Å². The highest BCUT2D eigenvalue weighted by atomic mass is 16.6. The summed E-state index contributed by atoms with van der Waals surface area (Å²) in [5.41, 5.74) is 10.1. The molecule has 6 nitrogen and oxygen atoms in total. The fraction of sp³-hybridized carbons (Fsp3) is 0.238. The Morgan fingerprint density at radius 2 is 1.67 bits per heavy atom. The molecule has 0 fully saturated rings. The SMILES string of the molecule is C=CCOC(=O)[C@@H](CN)NC(=O)OCC1c2ccccc2-c2ccccc21.